The fraction of sp³-hybridized carbons (Fsp3) is 0.214. The summed E-state index contributed by atoms with van der Waals surface area (Å²) in [5.74, 6) is -0.807. The average Bonchev–Trinajstić information content (AvgIpc) is 3.12. The quantitative estimate of drug-likeness (QED) is 0.916. The fourth-order valence-electron chi connectivity index (χ4n) is 2.31. The lowest BCUT2D eigenvalue weighted by atomic mass is 10.1. The second-order valence-corrected chi connectivity index (χ2v) is 6.48. The van der Waals surface area contributed by atoms with Gasteiger partial charge < -0.3 is 10.2 Å². The number of amides is 2. The first-order valence-corrected chi connectivity index (χ1v) is 8.14. The van der Waals surface area contributed by atoms with Gasteiger partial charge in [-0.25, -0.2) is 4.98 Å². The summed E-state index contributed by atoms with van der Waals surface area (Å²) in [5, 5.41) is 5.70. The maximum atomic E-state index is 12.2. The summed E-state index contributed by atoms with van der Waals surface area (Å²) < 4.78 is 0. The van der Waals surface area contributed by atoms with Gasteiger partial charge in [0.05, 0.1) is 21.7 Å². The van der Waals surface area contributed by atoms with Crippen LogP contribution in [0.15, 0.2) is 29.8 Å². The number of benzene rings is 1. The number of rotatable bonds is 3. The zero-order valence-electron chi connectivity index (χ0n) is 11.3. The van der Waals surface area contributed by atoms with Gasteiger partial charge in [-0.05, 0) is 12.1 Å². The van der Waals surface area contributed by atoms with Crippen LogP contribution in [-0.2, 0) is 9.59 Å². The van der Waals surface area contributed by atoms with Gasteiger partial charge in [0, 0.05) is 24.5 Å². The molecule has 1 aromatic carbocycles. The molecule has 3 rings (SSSR count). The summed E-state index contributed by atoms with van der Waals surface area (Å²) in [4.78, 5) is 29.9. The van der Waals surface area contributed by atoms with Gasteiger partial charge in [-0.1, -0.05) is 29.3 Å². The number of halogens is 2. The lowest BCUT2D eigenvalue weighted by Crippen LogP contribution is -2.28. The Kier molecular flexibility index (Phi) is 4.33. The van der Waals surface area contributed by atoms with E-state index in [1.165, 1.54) is 16.2 Å². The van der Waals surface area contributed by atoms with E-state index in [-0.39, 0.29) is 24.8 Å². The number of aromatic nitrogens is 1. The van der Waals surface area contributed by atoms with Crippen LogP contribution in [0.1, 0.15) is 6.42 Å². The van der Waals surface area contributed by atoms with Crippen LogP contribution in [0.2, 0.25) is 10.0 Å². The smallest absolute Gasteiger partial charge is 0.231 e. The van der Waals surface area contributed by atoms with Crippen molar-refractivity contribution in [2.45, 2.75) is 6.42 Å². The molecule has 1 fully saturated rings. The number of nitrogens with one attached hydrogen (secondary N) is 1. The molecule has 1 aliphatic rings. The van der Waals surface area contributed by atoms with Gasteiger partial charge in [-0.3, -0.25) is 9.59 Å². The van der Waals surface area contributed by atoms with E-state index in [4.69, 9.17) is 23.2 Å². The van der Waals surface area contributed by atoms with Crippen molar-refractivity contribution in [2.24, 2.45) is 5.92 Å². The Hall–Kier alpha value is -1.63. The van der Waals surface area contributed by atoms with Gasteiger partial charge in [0.1, 0.15) is 0 Å². The third-order valence-corrected chi connectivity index (χ3v) is 4.88. The monoisotopic (exact) mass is 355 g/mol. The van der Waals surface area contributed by atoms with E-state index < -0.39 is 5.92 Å². The molecule has 2 amide bonds. The molecule has 5 nitrogen and oxygen atoms in total. The van der Waals surface area contributed by atoms with Crippen molar-refractivity contribution in [3.05, 3.63) is 39.8 Å². The van der Waals surface area contributed by atoms with Gasteiger partial charge in [-0.2, -0.15) is 0 Å². The first-order chi connectivity index (χ1) is 10.6. The topological polar surface area (TPSA) is 62.3 Å². The van der Waals surface area contributed by atoms with Crippen molar-refractivity contribution in [2.75, 3.05) is 16.8 Å². The highest BCUT2D eigenvalue weighted by Gasteiger charge is 2.36. The maximum Gasteiger partial charge on any atom is 0.231 e. The molecule has 0 saturated carbocycles. The van der Waals surface area contributed by atoms with Crippen molar-refractivity contribution in [1.29, 1.82) is 0 Å². The summed E-state index contributed by atoms with van der Waals surface area (Å²) in [6, 6.07) is 5.09. The molecule has 1 N–H and O–H groups in total. The highest BCUT2D eigenvalue weighted by atomic mass is 35.5. The van der Waals surface area contributed by atoms with Crippen molar-refractivity contribution < 1.29 is 9.59 Å². The molecule has 1 saturated heterocycles. The molecule has 0 bridgehead atoms. The van der Waals surface area contributed by atoms with E-state index in [1.54, 1.807) is 29.8 Å². The van der Waals surface area contributed by atoms with E-state index in [2.05, 4.69) is 10.3 Å². The zero-order valence-corrected chi connectivity index (χ0v) is 13.6. The Labute approximate surface area is 140 Å². The molecule has 22 heavy (non-hydrogen) atoms. The summed E-state index contributed by atoms with van der Waals surface area (Å²) in [6.45, 7) is 0.274. The summed E-state index contributed by atoms with van der Waals surface area (Å²) in [7, 11) is 0. The third-order valence-electron chi connectivity index (χ3n) is 3.38. The highest BCUT2D eigenvalue weighted by Crippen LogP contribution is 2.35. The summed E-state index contributed by atoms with van der Waals surface area (Å²) in [6.07, 6.45) is 1.75. The highest BCUT2D eigenvalue weighted by molar-refractivity contribution is 7.13. The van der Waals surface area contributed by atoms with E-state index in [0.29, 0.717) is 20.9 Å². The minimum Gasteiger partial charge on any atom is -0.310 e. The molecule has 1 atom stereocenters. The molecule has 1 aliphatic heterocycles. The number of hydrogen-bond acceptors (Lipinski definition) is 4. The Morgan fingerprint density at radius 2 is 2.23 bits per heavy atom. The van der Waals surface area contributed by atoms with Crippen LogP contribution in [0.5, 0.6) is 0 Å². The van der Waals surface area contributed by atoms with Crippen LogP contribution in [0, 0.1) is 5.92 Å². The van der Waals surface area contributed by atoms with Crippen LogP contribution in [0.25, 0.3) is 0 Å². The van der Waals surface area contributed by atoms with Gasteiger partial charge >= 0.3 is 0 Å². The average molecular weight is 356 g/mol. The predicted octanol–water partition coefficient (Wildman–Crippen LogP) is 3.44. The first kappa shape index (κ1) is 15.3. The third kappa shape index (κ3) is 2.95. The molecule has 0 spiro atoms. The Bertz CT molecular complexity index is 721. The van der Waals surface area contributed by atoms with E-state index in [9.17, 15) is 9.59 Å². The molecule has 0 aliphatic carbocycles. The lowest BCUT2D eigenvalue weighted by Gasteiger charge is -2.18. The molecule has 8 heteroatoms. The summed E-state index contributed by atoms with van der Waals surface area (Å²) in [5.41, 5.74) is 0.531. The first-order valence-electron chi connectivity index (χ1n) is 6.51. The van der Waals surface area contributed by atoms with Crippen molar-refractivity contribution in [3.8, 4) is 0 Å². The number of nitrogens with zero attached hydrogens (tertiary/aromatic N) is 2. The Morgan fingerprint density at radius 3 is 2.95 bits per heavy atom. The van der Waals surface area contributed by atoms with Crippen LogP contribution < -0.4 is 10.2 Å². The molecule has 2 heterocycles. The maximum absolute atomic E-state index is 12.2. The van der Waals surface area contributed by atoms with Gasteiger partial charge in [0.15, 0.2) is 5.13 Å². The van der Waals surface area contributed by atoms with Crippen LogP contribution in [0.3, 0.4) is 0 Å². The molecule has 114 valence electrons. The van der Waals surface area contributed by atoms with Gasteiger partial charge in [0.25, 0.3) is 0 Å². The SMILES string of the molecule is O=C(Nc1nccs1)[C@H]1CC(=O)N(c2cccc(Cl)c2Cl)C1. The summed E-state index contributed by atoms with van der Waals surface area (Å²) >= 11 is 13.5. The Morgan fingerprint density at radius 1 is 1.41 bits per heavy atom. The molecule has 0 unspecified atom stereocenters. The number of carbonyl (C=O) groups is 2. The van der Waals surface area contributed by atoms with Crippen LogP contribution in [0.4, 0.5) is 10.8 Å². The van der Waals surface area contributed by atoms with E-state index >= 15 is 0 Å². The van der Waals surface area contributed by atoms with Crippen molar-refractivity contribution in [1.82, 2.24) is 4.98 Å². The largest absolute Gasteiger partial charge is 0.310 e. The number of carbonyl (C=O) groups excluding carboxylic acids is 2. The zero-order chi connectivity index (χ0) is 15.7. The van der Waals surface area contributed by atoms with E-state index in [1.807, 2.05) is 0 Å². The Balaban J connectivity index is 1.75. The lowest BCUT2D eigenvalue weighted by molar-refractivity contribution is -0.122. The van der Waals surface area contributed by atoms with Crippen LogP contribution in [-0.4, -0.2) is 23.3 Å². The van der Waals surface area contributed by atoms with Crippen molar-refractivity contribution in [3.63, 3.8) is 0 Å². The minimum atomic E-state index is -0.438. The van der Waals surface area contributed by atoms with Gasteiger partial charge in [-0.15, -0.1) is 11.3 Å². The molecule has 0 radical (unpaired) electrons. The second kappa shape index (κ2) is 6.24. The minimum absolute atomic E-state index is 0.139. The van der Waals surface area contributed by atoms with Crippen molar-refractivity contribution >= 4 is 57.2 Å². The molecule has 2 aromatic rings. The second-order valence-electron chi connectivity index (χ2n) is 4.80. The number of thiazole rings is 1. The predicted molar refractivity (Wildman–Crippen MR) is 87.7 cm³/mol. The molecule has 1 aromatic heterocycles. The van der Waals surface area contributed by atoms with Gasteiger partial charge in [0.2, 0.25) is 11.8 Å². The fourth-order valence-corrected chi connectivity index (χ4v) is 3.24. The molecular formula is C14H11Cl2N3O2S. The normalized spacial score (nSPS) is 17.8. The van der Waals surface area contributed by atoms with E-state index in [0.717, 1.165) is 0 Å². The number of anilines is 2. The standard InChI is InChI=1S/C14H11Cl2N3O2S/c15-9-2-1-3-10(12(9)16)19-7-8(6-11(19)20)13(21)18-14-17-4-5-22-14/h1-5,8H,6-7H2,(H,17,18,21)/t8-/m0/s1. The molecular weight excluding hydrogens is 345 g/mol. The number of hydrogen-bond donors (Lipinski definition) is 1. The van der Waals surface area contributed by atoms with Crippen LogP contribution >= 0.6 is 34.5 Å².